The molecule has 0 aliphatic carbocycles. The van der Waals surface area contributed by atoms with E-state index in [-0.39, 0.29) is 43.1 Å². The first-order valence-corrected chi connectivity index (χ1v) is 9.75. The third-order valence-electron chi connectivity index (χ3n) is 4.91. The first-order valence-electron chi connectivity index (χ1n) is 9.75. The van der Waals surface area contributed by atoms with Crippen molar-refractivity contribution in [1.82, 2.24) is 15.2 Å². The second kappa shape index (κ2) is 15.0. The van der Waals surface area contributed by atoms with Crippen LogP contribution in [0.25, 0.3) is 10.9 Å². The van der Waals surface area contributed by atoms with Crippen molar-refractivity contribution in [2.24, 2.45) is 5.73 Å². The van der Waals surface area contributed by atoms with E-state index in [1.54, 1.807) is 6.20 Å². The van der Waals surface area contributed by atoms with Crippen LogP contribution in [0.3, 0.4) is 0 Å². The number of amides is 1. The molecule has 0 radical (unpaired) electrons. The Balaban J connectivity index is 0.00000300. The van der Waals surface area contributed by atoms with E-state index in [2.05, 4.69) is 46.5 Å². The van der Waals surface area contributed by atoms with Crippen LogP contribution in [0.5, 0.6) is 0 Å². The van der Waals surface area contributed by atoms with E-state index in [9.17, 15) is 4.79 Å². The number of benzene rings is 2. The topological polar surface area (TPSA) is 71.2 Å². The van der Waals surface area contributed by atoms with Crippen LogP contribution < -0.4 is 11.1 Å². The molecule has 0 saturated carbocycles. The number of pyridine rings is 1. The van der Waals surface area contributed by atoms with Crippen LogP contribution >= 0.6 is 37.2 Å². The van der Waals surface area contributed by atoms with E-state index < -0.39 is 0 Å². The molecule has 0 bridgehead atoms. The standard InChI is InChI=1S/C23H28N4O.3ClH/c1-27(14-3-4-18-6-8-19(17-24)9-7-18)15-13-26-23(28)21-10-11-22-20(16-21)5-2-12-25-22;;;/h2,5-12,16H,3-4,13-15,17,24H2,1H3,(H,26,28);3*1H. The number of rotatable bonds is 9. The van der Waals surface area contributed by atoms with Gasteiger partial charge in [-0.2, -0.15) is 0 Å². The van der Waals surface area contributed by atoms with Gasteiger partial charge in [-0.1, -0.05) is 30.3 Å². The van der Waals surface area contributed by atoms with Crippen molar-refractivity contribution in [2.75, 3.05) is 26.7 Å². The Hall–Kier alpha value is -1.89. The lowest BCUT2D eigenvalue weighted by atomic mass is 10.1. The third kappa shape index (κ3) is 9.01. The fourth-order valence-electron chi connectivity index (χ4n) is 3.19. The molecule has 0 fully saturated rings. The molecular weight excluding hydrogens is 455 g/mol. The van der Waals surface area contributed by atoms with Crippen molar-refractivity contribution in [3.8, 4) is 0 Å². The predicted octanol–water partition coefficient (Wildman–Crippen LogP) is 4.25. The average Bonchev–Trinajstić information content (AvgIpc) is 2.73. The number of nitrogens with two attached hydrogens (primary N) is 1. The van der Waals surface area contributed by atoms with Crippen molar-refractivity contribution < 1.29 is 4.79 Å². The molecule has 0 unspecified atom stereocenters. The van der Waals surface area contributed by atoms with Crippen LogP contribution in [-0.2, 0) is 13.0 Å². The van der Waals surface area contributed by atoms with Crippen molar-refractivity contribution in [3.05, 3.63) is 77.5 Å². The molecule has 3 rings (SSSR count). The van der Waals surface area contributed by atoms with Crippen LogP contribution in [0.4, 0.5) is 0 Å². The maximum absolute atomic E-state index is 12.4. The predicted molar refractivity (Wildman–Crippen MR) is 136 cm³/mol. The lowest BCUT2D eigenvalue weighted by Crippen LogP contribution is -2.33. The molecule has 1 amide bonds. The maximum Gasteiger partial charge on any atom is 0.251 e. The molecule has 1 aromatic heterocycles. The Morgan fingerprint density at radius 1 is 1.00 bits per heavy atom. The summed E-state index contributed by atoms with van der Waals surface area (Å²) in [4.78, 5) is 18.9. The maximum atomic E-state index is 12.4. The second-order valence-electron chi connectivity index (χ2n) is 7.09. The highest BCUT2D eigenvalue weighted by Gasteiger charge is 2.07. The van der Waals surface area contributed by atoms with Crippen molar-refractivity contribution in [1.29, 1.82) is 0 Å². The first-order chi connectivity index (χ1) is 13.7. The highest BCUT2D eigenvalue weighted by atomic mass is 35.5. The van der Waals surface area contributed by atoms with Crippen LogP contribution in [-0.4, -0.2) is 42.5 Å². The molecule has 8 heteroatoms. The number of nitrogens with zero attached hydrogens (tertiary/aromatic N) is 2. The Morgan fingerprint density at radius 3 is 2.42 bits per heavy atom. The Labute approximate surface area is 203 Å². The number of aryl methyl sites for hydroxylation is 1. The van der Waals surface area contributed by atoms with Crippen LogP contribution in [0.1, 0.15) is 27.9 Å². The fraction of sp³-hybridized carbons (Fsp3) is 0.304. The molecule has 31 heavy (non-hydrogen) atoms. The van der Waals surface area contributed by atoms with E-state index in [0.29, 0.717) is 18.7 Å². The highest BCUT2D eigenvalue weighted by molar-refractivity contribution is 5.97. The molecule has 170 valence electrons. The number of nitrogens with one attached hydrogen (secondary N) is 1. The van der Waals surface area contributed by atoms with Gasteiger partial charge in [0.2, 0.25) is 0 Å². The molecule has 0 aliphatic heterocycles. The summed E-state index contributed by atoms with van der Waals surface area (Å²) >= 11 is 0. The number of aromatic nitrogens is 1. The average molecular weight is 486 g/mol. The van der Waals surface area contributed by atoms with E-state index in [4.69, 9.17) is 5.73 Å². The van der Waals surface area contributed by atoms with E-state index in [1.807, 2.05) is 30.3 Å². The molecular formula is C23H31Cl3N4O. The summed E-state index contributed by atoms with van der Waals surface area (Å²) in [5, 5.41) is 3.98. The van der Waals surface area contributed by atoms with E-state index >= 15 is 0 Å². The number of likely N-dealkylation sites (N-methyl/N-ethyl adjacent to an activating group) is 1. The van der Waals surface area contributed by atoms with Gasteiger partial charge in [-0.25, -0.2) is 0 Å². The quantitative estimate of drug-likeness (QED) is 0.475. The summed E-state index contributed by atoms with van der Waals surface area (Å²) in [7, 11) is 2.09. The molecule has 0 atom stereocenters. The SMILES string of the molecule is CN(CCCc1ccc(CN)cc1)CCNC(=O)c1ccc2ncccc2c1.Cl.Cl.Cl. The normalized spacial score (nSPS) is 10.0. The van der Waals surface area contributed by atoms with Gasteiger partial charge in [0, 0.05) is 36.8 Å². The summed E-state index contributed by atoms with van der Waals surface area (Å²) in [6, 6.07) is 17.9. The monoisotopic (exact) mass is 484 g/mol. The molecule has 0 spiro atoms. The van der Waals surface area contributed by atoms with Gasteiger partial charge >= 0.3 is 0 Å². The molecule has 0 saturated heterocycles. The van der Waals surface area contributed by atoms with Crippen molar-refractivity contribution >= 4 is 54.0 Å². The molecule has 3 N–H and O–H groups in total. The summed E-state index contributed by atoms with van der Waals surface area (Å²) in [6.07, 6.45) is 3.89. The van der Waals surface area contributed by atoms with Crippen LogP contribution in [0, 0.1) is 0 Å². The molecule has 0 aliphatic rings. The summed E-state index contributed by atoms with van der Waals surface area (Å²) in [6.45, 7) is 3.04. The summed E-state index contributed by atoms with van der Waals surface area (Å²) in [5.41, 5.74) is 9.70. The minimum absolute atomic E-state index is 0. The number of hydrogen-bond donors (Lipinski definition) is 2. The Morgan fingerprint density at radius 2 is 1.71 bits per heavy atom. The first kappa shape index (κ1) is 29.1. The minimum Gasteiger partial charge on any atom is -0.351 e. The zero-order valence-corrected chi connectivity index (χ0v) is 20.1. The zero-order chi connectivity index (χ0) is 19.8. The van der Waals surface area contributed by atoms with Gasteiger partial charge in [-0.15, -0.1) is 37.2 Å². The minimum atomic E-state index is -0.0425. The molecule has 1 heterocycles. The summed E-state index contributed by atoms with van der Waals surface area (Å²) in [5.74, 6) is -0.0425. The number of halogens is 3. The lowest BCUT2D eigenvalue weighted by molar-refractivity contribution is 0.0950. The summed E-state index contributed by atoms with van der Waals surface area (Å²) < 4.78 is 0. The molecule has 5 nitrogen and oxygen atoms in total. The van der Waals surface area contributed by atoms with Gasteiger partial charge in [-0.05, 0) is 61.8 Å². The Kier molecular flexibility index (Phi) is 14.1. The smallest absolute Gasteiger partial charge is 0.251 e. The van der Waals surface area contributed by atoms with Gasteiger partial charge in [0.1, 0.15) is 0 Å². The molecule has 3 aromatic rings. The van der Waals surface area contributed by atoms with E-state index in [1.165, 1.54) is 11.1 Å². The van der Waals surface area contributed by atoms with Crippen molar-refractivity contribution in [3.63, 3.8) is 0 Å². The third-order valence-corrected chi connectivity index (χ3v) is 4.91. The van der Waals surface area contributed by atoms with Gasteiger partial charge in [-0.3, -0.25) is 9.78 Å². The number of carbonyl (C=O) groups excluding carboxylic acids is 1. The van der Waals surface area contributed by atoms with Gasteiger partial charge < -0.3 is 16.0 Å². The van der Waals surface area contributed by atoms with E-state index in [0.717, 1.165) is 36.8 Å². The van der Waals surface area contributed by atoms with Crippen LogP contribution in [0.15, 0.2) is 60.8 Å². The molecule has 2 aromatic carbocycles. The fourth-order valence-corrected chi connectivity index (χ4v) is 3.19. The van der Waals surface area contributed by atoms with Gasteiger partial charge in [0.05, 0.1) is 5.52 Å². The van der Waals surface area contributed by atoms with Gasteiger partial charge in [0.25, 0.3) is 5.91 Å². The van der Waals surface area contributed by atoms with Crippen LogP contribution in [0.2, 0.25) is 0 Å². The largest absolute Gasteiger partial charge is 0.351 e. The van der Waals surface area contributed by atoms with Crippen molar-refractivity contribution in [2.45, 2.75) is 19.4 Å². The number of carbonyl (C=O) groups is 1. The number of hydrogen-bond acceptors (Lipinski definition) is 4. The Bertz CT molecular complexity index is 922. The zero-order valence-electron chi connectivity index (χ0n) is 17.6. The highest BCUT2D eigenvalue weighted by Crippen LogP contribution is 2.13. The van der Waals surface area contributed by atoms with Gasteiger partial charge in [0.15, 0.2) is 0 Å². The lowest BCUT2D eigenvalue weighted by Gasteiger charge is -2.17. The second-order valence-corrected chi connectivity index (χ2v) is 7.09. The number of fused-ring (bicyclic) bond motifs is 1.